The molecule has 0 spiro atoms. The topological polar surface area (TPSA) is 47.6 Å². The lowest BCUT2D eigenvalue weighted by Gasteiger charge is -2.28. The van der Waals surface area contributed by atoms with Gasteiger partial charge in [-0.05, 0) is 30.0 Å². The molecule has 0 unspecified atom stereocenters. The molecule has 0 amide bonds. The van der Waals surface area contributed by atoms with E-state index in [-0.39, 0.29) is 11.9 Å². The highest BCUT2D eigenvalue weighted by Gasteiger charge is 2.28. The first-order chi connectivity index (χ1) is 8.74. The van der Waals surface area contributed by atoms with Crippen molar-refractivity contribution < 1.29 is 14.3 Å². The van der Waals surface area contributed by atoms with Gasteiger partial charge in [0.25, 0.3) is 0 Å². The van der Waals surface area contributed by atoms with Crippen LogP contribution in [0.4, 0.5) is 0 Å². The lowest BCUT2D eigenvalue weighted by molar-refractivity contribution is -0.146. The minimum Gasteiger partial charge on any atom is -0.497 e. The number of rotatable bonds is 3. The number of carbonyl (C=O) groups is 1. The third-order valence-corrected chi connectivity index (χ3v) is 3.45. The van der Waals surface area contributed by atoms with E-state index in [0.717, 1.165) is 18.7 Å². The zero-order chi connectivity index (χ0) is 13.0. The first-order valence-electron chi connectivity index (χ1n) is 6.17. The summed E-state index contributed by atoms with van der Waals surface area (Å²) in [5.74, 6) is 1.00. The molecule has 18 heavy (non-hydrogen) atoms. The number of esters is 1. The van der Waals surface area contributed by atoms with Crippen molar-refractivity contribution in [3.8, 4) is 5.75 Å². The van der Waals surface area contributed by atoms with Crippen LogP contribution >= 0.6 is 0 Å². The zero-order valence-corrected chi connectivity index (χ0v) is 10.8. The van der Waals surface area contributed by atoms with Crippen molar-refractivity contribution in [2.75, 3.05) is 27.3 Å². The van der Waals surface area contributed by atoms with Crippen molar-refractivity contribution in [1.29, 1.82) is 0 Å². The lowest BCUT2D eigenvalue weighted by Crippen LogP contribution is -2.39. The van der Waals surface area contributed by atoms with Gasteiger partial charge in [0.1, 0.15) is 5.75 Å². The molecule has 2 atom stereocenters. The molecule has 1 heterocycles. The molecule has 2 rings (SSSR count). The van der Waals surface area contributed by atoms with Crippen molar-refractivity contribution in [2.24, 2.45) is 5.92 Å². The van der Waals surface area contributed by atoms with E-state index in [4.69, 9.17) is 9.47 Å². The summed E-state index contributed by atoms with van der Waals surface area (Å²) in [6.45, 7) is 1.59. The van der Waals surface area contributed by atoms with Gasteiger partial charge in [0.2, 0.25) is 0 Å². The highest BCUT2D eigenvalue weighted by atomic mass is 16.5. The van der Waals surface area contributed by atoms with Crippen molar-refractivity contribution >= 4 is 5.97 Å². The van der Waals surface area contributed by atoms with Gasteiger partial charge in [-0.3, -0.25) is 4.79 Å². The molecule has 0 aromatic heterocycles. The van der Waals surface area contributed by atoms with Crippen molar-refractivity contribution in [3.05, 3.63) is 29.8 Å². The largest absolute Gasteiger partial charge is 0.497 e. The van der Waals surface area contributed by atoms with Gasteiger partial charge in [-0.15, -0.1) is 0 Å². The van der Waals surface area contributed by atoms with Crippen LogP contribution in [-0.4, -0.2) is 33.3 Å². The van der Waals surface area contributed by atoms with Crippen LogP contribution < -0.4 is 10.1 Å². The molecule has 0 bridgehead atoms. The smallest absolute Gasteiger partial charge is 0.309 e. The molecule has 1 aromatic rings. The van der Waals surface area contributed by atoms with Gasteiger partial charge in [0, 0.05) is 13.1 Å². The van der Waals surface area contributed by atoms with Gasteiger partial charge < -0.3 is 14.8 Å². The fourth-order valence-electron chi connectivity index (χ4n) is 2.44. The number of carbonyl (C=O) groups excluding carboxylic acids is 1. The third kappa shape index (κ3) is 2.82. The average molecular weight is 249 g/mol. The zero-order valence-electron chi connectivity index (χ0n) is 10.8. The summed E-state index contributed by atoms with van der Waals surface area (Å²) in [6, 6.07) is 8.02. The van der Waals surface area contributed by atoms with Crippen LogP contribution in [0.3, 0.4) is 0 Å². The summed E-state index contributed by atoms with van der Waals surface area (Å²) in [5.41, 5.74) is 1.20. The molecule has 1 aliphatic rings. The molecule has 98 valence electrons. The summed E-state index contributed by atoms with van der Waals surface area (Å²) in [4.78, 5) is 11.6. The fraction of sp³-hybridized carbons (Fsp3) is 0.500. The van der Waals surface area contributed by atoms with Crippen LogP contribution in [0.2, 0.25) is 0 Å². The van der Waals surface area contributed by atoms with E-state index < -0.39 is 0 Å². The molecule has 1 saturated heterocycles. The van der Waals surface area contributed by atoms with Crippen LogP contribution in [0.25, 0.3) is 0 Å². The minimum atomic E-state index is -0.130. The van der Waals surface area contributed by atoms with E-state index in [9.17, 15) is 4.79 Å². The van der Waals surface area contributed by atoms with E-state index in [0.29, 0.717) is 12.5 Å². The maximum atomic E-state index is 11.6. The molecule has 4 nitrogen and oxygen atoms in total. The molecular weight excluding hydrogens is 230 g/mol. The molecule has 1 aromatic carbocycles. The Morgan fingerprint density at radius 1 is 1.33 bits per heavy atom. The molecule has 0 aliphatic carbocycles. The Balaban J connectivity index is 2.10. The summed E-state index contributed by atoms with van der Waals surface area (Å²) in [5, 5.41) is 3.29. The number of methoxy groups -OCH3 is 2. The Hall–Kier alpha value is -1.55. The molecule has 0 saturated carbocycles. The molecule has 0 radical (unpaired) electrons. The van der Waals surface area contributed by atoms with E-state index >= 15 is 0 Å². The van der Waals surface area contributed by atoms with E-state index in [1.807, 2.05) is 18.2 Å². The number of benzene rings is 1. The normalized spacial score (nSPS) is 23.4. The average Bonchev–Trinajstić information content (AvgIpc) is 2.46. The summed E-state index contributed by atoms with van der Waals surface area (Å²) in [7, 11) is 3.10. The van der Waals surface area contributed by atoms with Gasteiger partial charge in [0.05, 0.1) is 20.1 Å². The standard InChI is InChI=1S/C14H19NO3/c1-17-13-5-3-4-10(7-13)11-6-12(9-15-8-11)14(16)18-2/h3-5,7,11-12,15H,6,8-9H2,1-2H3/t11-,12+/m0/s1. The first-order valence-corrected chi connectivity index (χ1v) is 6.17. The number of hydrogen-bond donors (Lipinski definition) is 1. The van der Waals surface area contributed by atoms with Crippen LogP contribution in [0.1, 0.15) is 17.9 Å². The maximum absolute atomic E-state index is 11.6. The second kappa shape index (κ2) is 5.87. The Kier molecular flexibility index (Phi) is 4.20. The van der Waals surface area contributed by atoms with Gasteiger partial charge in [-0.1, -0.05) is 12.1 Å². The second-order valence-electron chi connectivity index (χ2n) is 4.59. The van der Waals surface area contributed by atoms with Gasteiger partial charge in [0.15, 0.2) is 0 Å². The van der Waals surface area contributed by atoms with Crippen LogP contribution in [-0.2, 0) is 9.53 Å². The quantitative estimate of drug-likeness (QED) is 0.826. The monoisotopic (exact) mass is 249 g/mol. The summed E-state index contributed by atoms with van der Waals surface area (Å²) in [6.07, 6.45) is 0.826. The van der Waals surface area contributed by atoms with Gasteiger partial charge >= 0.3 is 5.97 Å². The number of nitrogens with one attached hydrogen (secondary N) is 1. The molecular formula is C14H19NO3. The number of piperidine rings is 1. The first kappa shape index (κ1) is 12.9. The van der Waals surface area contributed by atoms with Crippen molar-refractivity contribution in [2.45, 2.75) is 12.3 Å². The Morgan fingerprint density at radius 3 is 2.89 bits per heavy atom. The van der Waals surface area contributed by atoms with Gasteiger partial charge in [-0.2, -0.15) is 0 Å². The molecule has 1 aliphatic heterocycles. The summed E-state index contributed by atoms with van der Waals surface area (Å²) < 4.78 is 10.0. The van der Waals surface area contributed by atoms with Crippen LogP contribution in [0.15, 0.2) is 24.3 Å². The fourth-order valence-corrected chi connectivity index (χ4v) is 2.44. The maximum Gasteiger partial charge on any atom is 0.309 e. The predicted molar refractivity (Wildman–Crippen MR) is 68.7 cm³/mol. The molecule has 1 fully saturated rings. The highest BCUT2D eigenvalue weighted by molar-refractivity contribution is 5.72. The Labute approximate surface area is 107 Å². The van der Waals surface area contributed by atoms with Crippen molar-refractivity contribution in [1.82, 2.24) is 5.32 Å². The summed E-state index contributed by atoms with van der Waals surface area (Å²) >= 11 is 0. The SMILES string of the molecule is COC(=O)[C@H]1CNC[C@@H](c2cccc(OC)c2)C1. The van der Waals surface area contributed by atoms with E-state index in [1.54, 1.807) is 7.11 Å². The number of ether oxygens (including phenoxy) is 2. The Morgan fingerprint density at radius 2 is 2.17 bits per heavy atom. The Bertz CT molecular complexity index is 419. The van der Waals surface area contributed by atoms with Gasteiger partial charge in [-0.25, -0.2) is 0 Å². The molecule has 4 heteroatoms. The van der Waals surface area contributed by atoms with Crippen molar-refractivity contribution in [3.63, 3.8) is 0 Å². The third-order valence-electron chi connectivity index (χ3n) is 3.45. The van der Waals surface area contributed by atoms with Crippen LogP contribution in [0, 0.1) is 5.92 Å². The highest BCUT2D eigenvalue weighted by Crippen LogP contribution is 2.29. The van der Waals surface area contributed by atoms with Crippen LogP contribution in [0.5, 0.6) is 5.75 Å². The molecule has 1 N–H and O–H groups in total. The minimum absolute atomic E-state index is 0.0556. The second-order valence-corrected chi connectivity index (χ2v) is 4.59. The lowest BCUT2D eigenvalue weighted by atomic mass is 9.85. The van der Waals surface area contributed by atoms with E-state index in [1.165, 1.54) is 12.7 Å². The number of hydrogen-bond acceptors (Lipinski definition) is 4. The predicted octanol–water partition coefficient (Wildman–Crippen LogP) is 1.56. The van der Waals surface area contributed by atoms with E-state index in [2.05, 4.69) is 11.4 Å².